The van der Waals surface area contributed by atoms with Gasteiger partial charge in [-0.15, -0.1) is 0 Å². The molecule has 0 unspecified atom stereocenters. The number of halogens is 3. The number of hydrogen-bond acceptors (Lipinski definition) is 5. The highest BCUT2D eigenvalue weighted by atomic mass is 35.5. The lowest BCUT2D eigenvalue weighted by Gasteiger charge is -2.20. The normalized spacial score (nSPS) is 13.1. The summed E-state index contributed by atoms with van der Waals surface area (Å²) in [5.74, 6) is 0.209. The summed E-state index contributed by atoms with van der Waals surface area (Å²) in [6.07, 6.45) is 3.81. The first-order chi connectivity index (χ1) is 14.0. The van der Waals surface area contributed by atoms with Crippen LogP contribution in [0.25, 0.3) is 22.0 Å². The molecule has 1 aliphatic heterocycles. The lowest BCUT2D eigenvalue weighted by molar-refractivity contribution is 0.473. The van der Waals surface area contributed by atoms with E-state index in [1.54, 1.807) is 18.3 Å². The minimum Gasteiger partial charge on any atom is -0.505 e. The largest absolute Gasteiger partial charge is 0.505 e. The molecule has 0 aliphatic carbocycles. The zero-order valence-electron chi connectivity index (χ0n) is 14.9. The van der Waals surface area contributed by atoms with Crippen LogP contribution in [0.4, 0.5) is 15.9 Å². The molecule has 2 aromatic carbocycles. The van der Waals surface area contributed by atoms with E-state index < -0.39 is 5.82 Å². The van der Waals surface area contributed by atoms with Crippen LogP contribution >= 0.6 is 23.2 Å². The monoisotopic (exact) mass is 426 g/mol. The molecule has 5 nitrogen and oxygen atoms in total. The molecule has 0 atom stereocenters. The number of nitrogens with zero attached hydrogens (tertiary/aromatic N) is 4. The average Bonchev–Trinajstić information content (AvgIpc) is 3.12. The molecule has 0 radical (unpaired) electrons. The maximum atomic E-state index is 13.8. The van der Waals surface area contributed by atoms with Crippen LogP contribution < -0.4 is 4.90 Å². The Morgan fingerprint density at radius 3 is 2.69 bits per heavy atom. The average molecular weight is 427 g/mol. The van der Waals surface area contributed by atoms with Gasteiger partial charge in [0.15, 0.2) is 10.9 Å². The Bertz CT molecular complexity index is 1280. The van der Waals surface area contributed by atoms with Crippen LogP contribution in [0.2, 0.25) is 10.2 Å². The van der Waals surface area contributed by atoms with Gasteiger partial charge in [0.05, 0.1) is 10.5 Å². The fourth-order valence-corrected chi connectivity index (χ4v) is 3.89. The van der Waals surface area contributed by atoms with Gasteiger partial charge < -0.3 is 10.0 Å². The number of hydrogen-bond donors (Lipinski definition) is 1. The van der Waals surface area contributed by atoms with Gasteiger partial charge in [0.1, 0.15) is 18.0 Å². The van der Waals surface area contributed by atoms with E-state index in [-0.39, 0.29) is 15.9 Å². The predicted molar refractivity (Wildman–Crippen MR) is 112 cm³/mol. The molecule has 1 aliphatic rings. The Morgan fingerprint density at radius 2 is 1.86 bits per heavy atom. The smallest absolute Gasteiger partial charge is 0.170 e. The van der Waals surface area contributed by atoms with Crippen molar-refractivity contribution < 1.29 is 9.50 Å². The van der Waals surface area contributed by atoms with Gasteiger partial charge in [-0.3, -0.25) is 0 Å². The molecule has 1 N–H and O–H groups in total. The van der Waals surface area contributed by atoms with Gasteiger partial charge in [-0.2, -0.15) is 0 Å². The fraction of sp³-hybridized carbons (Fsp3) is 0.0952. The van der Waals surface area contributed by atoms with Gasteiger partial charge in [0.25, 0.3) is 0 Å². The van der Waals surface area contributed by atoms with Gasteiger partial charge in [0.2, 0.25) is 0 Å². The Hall–Kier alpha value is -2.96. The molecular weight excluding hydrogens is 414 g/mol. The first kappa shape index (κ1) is 18.1. The highest BCUT2D eigenvalue weighted by Gasteiger charge is 2.25. The first-order valence-electron chi connectivity index (χ1n) is 8.86. The van der Waals surface area contributed by atoms with E-state index in [1.807, 2.05) is 23.1 Å². The summed E-state index contributed by atoms with van der Waals surface area (Å²) in [5.41, 5.74) is 4.06. The summed E-state index contributed by atoms with van der Waals surface area (Å²) < 4.78 is 13.8. The number of rotatable bonds is 2. The molecule has 29 heavy (non-hydrogen) atoms. The highest BCUT2D eigenvalue weighted by molar-refractivity contribution is 6.31. The number of benzene rings is 2. The van der Waals surface area contributed by atoms with Crippen molar-refractivity contribution in [2.45, 2.75) is 6.42 Å². The Balaban J connectivity index is 1.66. The zero-order chi connectivity index (χ0) is 20.1. The fourth-order valence-electron chi connectivity index (χ4n) is 3.63. The number of aromatic nitrogens is 3. The Kier molecular flexibility index (Phi) is 4.26. The lowest BCUT2D eigenvalue weighted by atomic mass is 10.0. The van der Waals surface area contributed by atoms with Crippen LogP contribution in [0.15, 0.2) is 48.9 Å². The molecule has 4 aromatic rings. The molecule has 8 heteroatoms. The zero-order valence-corrected chi connectivity index (χ0v) is 16.4. The molecule has 0 spiro atoms. The molecular formula is C21H13Cl2FN4O. The van der Waals surface area contributed by atoms with Gasteiger partial charge in [-0.1, -0.05) is 29.3 Å². The van der Waals surface area contributed by atoms with Gasteiger partial charge >= 0.3 is 0 Å². The van der Waals surface area contributed by atoms with Crippen molar-refractivity contribution in [1.82, 2.24) is 15.0 Å². The number of aromatic hydroxyl groups is 1. The van der Waals surface area contributed by atoms with E-state index in [4.69, 9.17) is 23.2 Å². The first-order valence-corrected chi connectivity index (χ1v) is 9.62. The predicted octanol–water partition coefficient (Wildman–Crippen LogP) is 5.54. The summed E-state index contributed by atoms with van der Waals surface area (Å²) in [4.78, 5) is 14.9. The maximum Gasteiger partial charge on any atom is 0.170 e. The summed E-state index contributed by atoms with van der Waals surface area (Å²) in [7, 11) is 0. The number of pyridine rings is 1. The van der Waals surface area contributed by atoms with Gasteiger partial charge in [0, 0.05) is 29.4 Å². The molecule has 0 saturated carbocycles. The molecule has 5 rings (SSSR count). The SMILES string of the molecule is Oc1cc(-c2ccc3ncnc(N4CCc5cc(F)c(Cl)cc54)c3c2)cnc1Cl. The van der Waals surface area contributed by atoms with Crippen molar-refractivity contribution in [3.63, 3.8) is 0 Å². The molecule has 0 amide bonds. The molecule has 144 valence electrons. The molecule has 0 saturated heterocycles. The summed E-state index contributed by atoms with van der Waals surface area (Å²) in [6.45, 7) is 0.661. The second-order valence-corrected chi connectivity index (χ2v) is 7.53. The molecule has 2 aromatic heterocycles. The van der Waals surface area contributed by atoms with Crippen LogP contribution in [0.1, 0.15) is 5.56 Å². The number of fused-ring (bicyclic) bond motifs is 2. The Morgan fingerprint density at radius 1 is 1.00 bits per heavy atom. The van der Waals surface area contributed by atoms with E-state index in [2.05, 4.69) is 15.0 Å². The molecule has 0 fully saturated rings. The summed E-state index contributed by atoms with van der Waals surface area (Å²) >= 11 is 11.8. The van der Waals surface area contributed by atoms with Gasteiger partial charge in [-0.25, -0.2) is 19.3 Å². The maximum absolute atomic E-state index is 13.8. The van der Waals surface area contributed by atoms with Crippen molar-refractivity contribution in [1.29, 1.82) is 0 Å². The molecule has 3 heterocycles. The van der Waals surface area contributed by atoms with E-state index in [0.29, 0.717) is 18.8 Å². The topological polar surface area (TPSA) is 62.1 Å². The van der Waals surface area contributed by atoms with Crippen molar-refractivity contribution >= 4 is 45.6 Å². The third kappa shape index (κ3) is 3.05. The van der Waals surface area contributed by atoms with E-state index >= 15 is 0 Å². The second kappa shape index (κ2) is 6.83. The van der Waals surface area contributed by atoms with E-state index in [0.717, 1.165) is 33.3 Å². The second-order valence-electron chi connectivity index (χ2n) is 6.76. The Labute approximate surface area is 175 Å². The summed E-state index contributed by atoms with van der Waals surface area (Å²) in [5, 5.41) is 10.8. The van der Waals surface area contributed by atoms with Crippen LogP contribution in [0.5, 0.6) is 5.75 Å². The number of anilines is 2. The van der Waals surface area contributed by atoms with Crippen LogP contribution in [0.3, 0.4) is 0 Å². The highest BCUT2D eigenvalue weighted by Crippen LogP contribution is 2.39. The van der Waals surface area contributed by atoms with Crippen LogP contribution in [-0.2, 0) is 6.42 Å². The van der Waals surface area contributed by atoms with Crippen LogP contribution in [0, 0.1) is 5.82 Å². The quantitative estimate of drug-likeness (QED) is 0.426. The minimum atomic E-state index is -0.419. The van der Waals surface area contributed by atoms with E-state index in [1.165, 1.54) is 12.4 Å². The lowest BCUT2D eigenvalue weighted by Crippen LogP contribution is -2.15. The van der Waals surface area contributed by atoms with Gasteiger partial charge in [-0.05, 0) is 47.9 Å². The standard InChI is InChI=1S/C21H13Cl2FN4O/c22-15-8-18-12(6-16(15)24)3-4-28(18)21-14-5-11(1-2-17(14)26-10-27-21)13-7-19(29)20(23)25-9-13/h1-2,5-10,29H,3-4H2. The third-order valence-corrected chi connectivity index (χ3v) is 5.62. The van der Waals surface area contributed by atoms with Crippen molar-refractivity contribution in [2.75, 3.05) is 11.4 Å². The van der Waals surface area contributed by atoms with Crippen LogP contribution in [-0.4, -0.2) is 26.6 Å². The summed E-state index contributed by atoms with van der Waals surface area (Å²) in [6, 6.07) is 10.4. The minimum absolute atomic E-state index is 0.0522. The van der Waals surface area contributed by atoms with Crippen molar-refractivity contribution in [3.8, 4) is 16.9 Å². The third-order valence-electron chi connectivity index (χ3n) is 5.04. The van der Waals surface area contributed by atoms with Crippen molar-refractivity contribution in [3.05, 3.63) is 70.5 Å². The van der Waals surface area contributed by atoms with E-state index in [9.17, 15) is 9.50 Å². The molecule has 0 bridgehead atoms. The van der Waals surface area contributed by atoms with Crippen molar-refractivity contribution in [2.24, 2.45) is 0 Å².